The van der Waals surface area contributed by atoms with Crippen LogP contribution in [0.3, 0.4) is 0 Å². The number of aromatic hydroxyl groups is 2. The second-order valence-corrected chi connectivity index (χ2v) is 9.85. The standard InChI is InChI=1S/C23H30O5/c1-12(2)7-14-8-23(6-5-22(13(3)4)9-17(22)23)28-21-16(11-25)19(26)15(10-24)20(27)18(14)21/h10-14,17,26-27H,5-9H2,1-4H3/t14-,17?,22?,23?/m1/s1. The SMILES string of the molecule is CC(C)C[C@@H]1CC2(CCC3(C(C)C)CC23)Oc2c(C=O)c(O)c(C=O)c(O)c21. The molecule has 2 aliphatic carbocycles. The van der Waals surface area contributed by atoms with Gasteiger partial charge in [0.05, 0.1) is 11.1 Å². The third-order valence-electron chi connectivity index (χ3n) is 7.72. The molecule has 3 unspecified atom stereocenters. The van der Waals surface area contributed by atoms with Crippen LogP contribution in [0.25, 0.3) is 0 Å². The average Bonchev–Trinajstić information content (AvgIpc) is 3.30. The zero-order valence-corrected chi connectivity index (χ0v) is 17.1. The summed E-state index contributed by atoms with van der Waals surface area (Å²) >= 11 is 0. The number of aldehydes is 2. The minimum Gasteiger partial charge on any atom is -0.507 e. The summed E-state index contributed by atoms with van der Waals surface area (Å²) in [6.07, 6.45) is 5.74. The van der Waals surface area contributed by atoms with Crippen LogP contribution in [0.2, 0.25) is 0 Å². The molecule has 5 heteroatoms. The van der Waals surface area contributed by atoms with Crippen molar-refractivity contribution in [3.05, 3.63) is 16.7 Å². The Morgan fingerprint density at radius 1 is 1.04 bits per heavy atom. The van der Waals surface area contributed by atoms with Gasteiger partial charge >= 0.3 is 0 Å². The third-order valence-corrected chi connectivity index (χ3v) is 7.72. The molecule has 4 atom stereocenters. The molecule has 1 aromatic carbocycles. The van der Waals surface area contributed by atoms with E-state index in [0.29, 0.717) is 47.1 Å². The second-order valence-electron chi connectivity index (χ2n) is 9.85. The maximum atomic E-state index is 11.8. The fourth-order valence-corrected chi connectivity index (χ4v) is 6.23. The van der Waals surface area contributed by atoms with E-state index in [2.05, 4.69) is 27.7 Å². The van der Waals surface area contributed by atoms with E-state index in [4.69, 9.17) is 4.74 Å². The number of hydrogen-bond donors (Lipinski definition) is 2. The van der Waals surface area contributed by atoms with Crippen LogP contribution in [0.5, 0.6) is 17.2 Å². The Balaban J connectivity index is 1.88. The first-order valence-corrected chi connectivity index (χ1v) is 10.4. The monoisotopic (exact) mass is 386 g/mol. The van der Waals surface area contributed by atoms with Gasteiger partial charge in [-0.1, -0.05) is 27.7 Å². The molecule has 0 radical (unpaired) electrons. The first-order chi connectivity index (χ1) is 13.2. The highest BCUT2D eigenvalue weighted by Crippen LogP contribution is 2.74. The molecule has 3 aliphatic rings. The summed E-state index contributed by atoms with van der Waals surface area (Å²) in [5, 5.41) is 21.2. The number of benzene rings is 1. The van der Waals surface area contributed by atoms with Crippen LogP contribution < -0.4 is 4.74 Å². The zero-order valence-electron chi connectivity index (χ0n) is 17.1. The molecule has 5 nitrogen and oxygen atoms in total. The van der Waals surface area contributed by atoms with Gasteiger partial charge in [-0.15, -0.1) is 0 Å². The quantitative estimate of drug-likeness (QED) is 0.708. The normalized spacial score (nSPS) is 32.9. The van der Waals surface area contributed by atoms with Crippen molar-refractivity contribution in [1.29, 1.82) is 0 Å². The summed E-state index contributed by atoms with van der Waals surface area (Å²) < 4.78 is 6.54. The van der Waals surface area contributed by atoms with Crippen LogP contribution in [0.1, 0.15) is 92.0 Å². The molecule has 0 aromatic heterocycles. The molecule has 2 N–H and O–H groups in total. The van der Waals surface area contributed by atoms with Crippen LogP contribution >= 0.6 is 0 Å². The highest BCUT2D eigenvalue weighted by Gasteiger charge is 2.71. The van der Waals surface area contributed by atoms with Gasteiger partial charge in [-0.25, -0.2) is 0 Å². The van der Waals surface area contributed by atoms with Crippen LogP contribution in [-0.2, 0) is 0 Å². The van der Waals surface area contributed by atoms with Crippen molar-refractivity contribution >= 4 is 12.6 Å². The third kappa shape index (κ3) is 2.44. The molecule has 28 heavy (non-hydrogen) atoms. The molecule has 2 fully saturated rings. The predicted octanol–water partition coefficient (Wildman–Crippen LogP) is 4.83. The van der Waals surface area contributed by atoms with Crippen LogP contribution in [-0.4, -0.2) is 28.4 Å². The lowest BCUT2D eigenvalue weighted by atomic mass is 9.75. The molecule has 1 aromatic rings. The molecular weight excluding hydrogens is 356 g/mol. The van der Waals surface area contributed by atoms with E-state index in [9.17, 15) is 19.8 Å². The Hall–Kier alpha value is -2.04. The zero-order chi connectivity index (χ0) is 20.4. The van der Waals surface area contributed by atoms with Gasteiger partial charge in [0, 0.05) is 11.5 Å². The molecule has 0 amide bonds. The molecule has 0 saturated heterocycles. The van der Waals surface area contributed by atoms with Gasteiger partial charge in [0.25, 0.3) is 0 Å². The van der Waals surface area contributed by atoms with E-state index >= 15 is 0 Å². The summed E-state index contributed by atoms with van der Waals surface area (Å²) in [5.41, 5.74) is 0.252. The topological polar surface area (TPSA) is 83.8 Å². The summed E-state index contributed by atoms with van der Waals surface area (Å²) in [6, 6.07) is 0. The Morgan fingerprint density at radius 2 is 1.71 bits per heavy atom. The summed E-state index contributed by atoms with van der Waals surface area (Å²) in [4.78, 5) is 23.3. The summed E-state index contributed by atoms with van der Waals surface area (Å²) in [7, 11) is 0. The molecule has 152 valence electrons. The first-order valence-electron chi connectivity index (χ1n) is 10.4. The smallest absolute Gasteiger partial charge is 0.157 e. The minimum atomic E-state index is -0.481. The van der Waals surface area contributed by atoms with Gasteiger partial charge in [0.2, 0.25) is 0 Å². The van der Waals surface area contributed by atoms with Gasteiger partial charge in [-0.05, 0) is 55.3 Å². The number of rotatable bonds is 5. The lowest BCUT2D eigenvalue weighted by molar-refractivity contribution is 0.0145. The van der Waals surface area contributed by atoms with Crippen LogP contribution in [0.15, 0.2) is 0 Å². The van der Waals surface area contributed by atoms with E-state index < -0.39 is 5.75 Å². The Kier molecular flexibility index (Phi) is 4.29. The average molecular weight is 386 g/mol. The largest absolute Gasteiger partial charge is 0.507 e. The van der Waals surface area contributed by atoms with E-state index in [1.54, 1.807) is 0 Å². The highest BCUT2D eigenvalue weighted by molar-refractivity contribution is 5.95. The molecule has 4 rings (SSSR count). The van der Waals surface area contributed by atoms with Gasteiger partial charge < -0.3 is 14.9 Å². The molecule has 2 saturated carbocycles. The van der Waals surface area contributed by atoms with E-state index in [1.165, 1.54) is 0 Å². The van der Waals surface area contributed by atoms with Gasteiger partial charge in [-0.2, -0.15) is 0 Å². The number of phenolic OH excluding ortho intramolecular Hbond substituents is 2. The van der Waals surface area contributed by atoms with Gasteiger partial charge in [0.1, 0.15) is 22.8 Å². The lowest BCUT2D eigenvalue weighted by Gasteiger charge is -2.43. The number of carbonyl (C=O) groups excluding carboxylic acids is 2. The van der Waals surface area contributed by atoms with Crippen molar-refractivity contribution in [2.45, 2.75) is 71.3 Å². The van der Waals surface area contributed by atoms with E-state index in [1.807, 2.05) is 0 Å². The molecule has 1 spiro atoms. The van der Waals surface area contributed by atoms with Crippen LogP contribution in [0.4, 0.5) is 0 Å². The minimum absolute atomic E-state index is 0.00886. The van der Waals surface area contributed by atoms with Gasteiger partial charge in [-0.3, -0.25) is 9.59 Å². The second kappa shape index (κ2) is 6.23. The Labute approximate surface area is 166 Å². The number of hydrogen-bond acceptors (Lipinski definition) is 5. The number of fused-ring (bicyclic) bond motifs is 3. The Bertz CT molecular complexity index is 842. The van der Waals surface area contributed by atoms with Crippen molar-refractivity contribution in [3.8, 4) is 17.2 Å². The maximum absolute atomic E-state index is 11.8. The lowest BCUT2D eigenvalue weighted by Crippen LogP contribution is -2.42. The number of phenols is 2. The van der Waals surface area contributed by atoms with Crippen molar-refractivity contribution in [2.75, 3.05) is 0 Å². The van der Waals surface area contributed by atoms with Crippen LogP contribution in [0, 0.1) is 23.2 Å². The van der Waals surface area contributed by atoms with Crippen molar-refractivity contribution in [2.24, 2.45) is 23.2 Å². The summed E-state index contributed by atoms with van der Waals surface area (Å²) in [6.45, 7) is 8.80. The Morgan fingerprint density at radius 3 is 2.21 bits per heavy atom. The van der Waals surface area contributed by atoms with Crippen molar-refractivity contribution < 1.29 is 24.5 Å². The number of carbonyl (C=O) groups is 2. The van der Waals surface area contributed by atoms with Gasteiger partial charge in [0.15, 0.2) is 12.6 Å². The first kappa shape index (κ1) is 19.3. The molecule has 1 heterocycles. The fraction of sp³-hybridized carbons (Fsp3) is 0.652. The molecular formula is C23H30O5. The van der Waals surface area contributed by atoms with Crippen molar-refractivity contribution in [3.63, 3.8) is 0 Å². The summed E-state index contributed by atoms with van der Waals surface area (Å²) in [5.74, 6) is 0.968. The molecule has 1 aliphatic heterocycles. The highest BCUT2D eigenvalue weighted by atomic mass is 16.5. The maximum Gasteiger partial charge on any atom is 0.157 e. The number of ether oxygens (including phenoxy) is 1. The van der Waals surface area contributed by atoms with Crippen molar-refractivity contribution in [1.82, 2.24) is 0 Å². The van der Waals surface area contributed by atoms with E-state index in [-0.39, 0.29) is 28.4 Å². The predicted molar refractivity (Wildman–Crippen MR) is 105 cm³/mol. The van der Waals surface area contributed by atoms with E-state index in [0.717, 1.165) is 32.1 Å². The fourth-order valence-electron chi connectivity index (χ4n) is 6.23. The molecule has 0 bridgehead atoms.